The average Bonchev–Trinajstić information content (AvgIpc) is 2.56. The number of amides is 1. The molecule has 5 heteroatoms. The maximum absolute atomic E-state index is 12.0. The number of carbonyl (C=O) groups is 2. The van der Waals surface area contributed by atoms with Crippen LogP contribution in [0.4, 0.5) is 0 Å². The van der Waals surface area contributed by atoms with Crippen molar-refractivity contribution in [1.82, 2.24) is 5.32 Å². The van der Waals surface area contributed by atoms with Gasteiger partial charge in [-0.05, 0) is 24.6 Å². The molecule has 0 saturated heterocycles. The summed E-state index contributed by atoms with van der Waals surface area (Å²) in [6.45, 7) is 2.02. The van der Waals surface area contributed by atoms with E-state index in [1.54, 1.807) is 24.3 Å². The number of hydrogen-bond acceptors (Lipinski definition) is 3. The molecule has 4 nitrogen and oxygen atoms in total. The van der Waals surface area contributed by atoms with Gasteiger partial charge in [-0.3, -0.25) is 4.79 Å². The molecule has 0 aliphatic rings. The Labute approximate surface area is 139 Å². The zero-order valence-electron chi connectivity index (χ0n) is 12.9. The molecule has 120 valence electrons. The smallest absolute Gasteiger partial charge is 0.327 e. The molecule has 0 unspecified atom stereocenters. The fraction of sp³-hybridized carbons (Fsp3) is 0.222. The Bertz CT molecular complexity index is 656. The predicted molar refractivity (Wildman–Crippen MR) is 92.7 cm³/mol. The first-order chi connectivity index (χ1) is 11.1. The molecule has 0 fully saturated rings. The number of rotatable bonds is 7. The number of nitrogens with one attached hydrogen (secondary N) is 1. The van der Waals surface area contributed by atoms with Gasteiger partial charge in [0.1, 0.15) is 6.04 Å². The third-order valence-corrected chi connectivity index (χ3v) is 4.42. The van der Waals surface area contributed by atoms with Crippen LogP contribution in [0.25, 0.3) is 0 Å². The van der Waals surface area contributed by atoms with Crippen LogP contribution in [0.15, 0.2) is 54.6 Å². The Hall–Kier alpha value is -2.27. The Morgan fingerprint density at radius 3 is 2.35 bits per heavy atom. The zero-order chi connectivity index (χ0) is 16.7. The van der Waals surface area contributed by atoms with E-state index in [4.69, 9.17) is 0 Å². The third-order valence-electron chi connectivity index (χ3n) is 3.31. The summed E-state index contributed by atoms with van der Waals surface area (Å²) in [5, 5.41) is 11.8. The molecule has 2 N–H and O–H groups in total. The van der Waals surface area contributed by atoms with E-state index >= 15 is 0 Å². The summed E-state index contributed by atoms with van der Waals surface area (Å²) in [5.41, 5.74) is 2.79. The molecule has 1 atom stereocenters. The first kappa shape index (κ1) is 17.1. The summed E-state index contributed by atoms with van der Waals surface area (Å²) in [6.07, 6.45) is 0. The molecule has 0 bridgehead atoms. The van der Waals surface area contributed by atoms with Crippen LogP contribution in [0.5, 0.6) is 0 Å². The van der Waals surface area contributed by atoms with Crippen LogP contribution in [-0.2, 0) is 10.5 Å². The molecule has 23 heavy (non-hydrogen) atoms. The van der Waals surface area contributed by atoms with Crippen LogP contribution in [0.1, 0.15) is 21.5 Å². The molecule has 1 amide bonds. The Morgan fingerprint density at radius 2 is 1.74 bits per heavy atom. The first-order valence-corrected chi connectivity index (χ1v) is 8.44. The van der Waals surface area contributed by atoms with Gasteiger partial charge in [0, 0.05) is 17.1 Å². The Kier molecular flexibility index (Phi) is 6.23. The van der Waals surface area contributed by atoms with E-state index in [2.05, 4.69) is 5.32 Å². The molecule has 0 saturated carbocycles. The third kappa shape index (κ3) is 5.45. The van der Waals surface area contributed by atoms with Crippen molar-refractivity contribution in [2.75, 3.05) is 5.75 Å². The number of thioether (sulfide) groups is 1. The van der Waals surface area contributed by atoms with E-state index in [0.717, 1.165) is 5.56 Å². The van der Waals surface area contributed by atoms with E-state index < -0.39 is 12.0 Å². The highest BCUT2D eigenvalue weighted by molar-refractivity contribution is 7.98. The monoisotopic (exact) mass is 329 g/mol. The number of carbonyl (C=O) groups excluding carboxylic acids is 1. The highest BCUT2D eigenvalue weighted by atomic mass is 32.2. The van der Waals surface area contributed by atoms with E-state index in [-0.39, 0.29) is 5.91 Å². The summed E-state index contributed by atoms with van der Waals surface area (Å²) in [5.74, 6) is -0.354. The highest BCUT2D eigenvalue weighted by Gasteiger charge is 2.20. The fourth-order valence-corrected chi connectivity index (χ4v) is 2.99. The molecule has 2 aromatic carbocycles. The SMILES string of the molecule is Cc1ccc(CSC[C@H](NC(=O)c2ccccc2)C(=O)O)cc1. The lowest BCUT2D eigenvalue weighted by Gasteiger charge is -2.14. The zero-order valence-corrected chi connectivity index (χ0v) is 13.7. The number of carboxylic acid groups (broad SMARTS) is 1. The van der Waals surface area contributed by atoms with Crippen LogP contribution < -0.4 is 5.32 Å². The minimum absolute atomic E-state index is 0.321. The van der Waals surface area contributed by atoms with Gasteiger partial charge in [0.05, 0.1) is 0 Å². The van der Waals surface area contributed by atoms with Crippen molar-refractivity contribution in [3.05, 3.63) is 71.3 Å². The summed E-state index contributed by atoms with van der Waals surface area (Å²) < 4.78 is 0. The van der Waals surface area contributed by atoms with E-state index in [0.29, 0.717) is 17.1 Å². The lowest BCUT2D eigenvalue weighted by molar-refractivity contribution is -0.138. The van der Waals surface area contributed by atoms with Crippen molar-refractivity contribution in [1.29, 1.82) is 0 Å². The molecule has 2 aromatic rings. The number of aliphatic carboxylic acids is 1. The normalized spacial score (nSPS) is 11.7. The lowest BCUT2D eigenvalue weighted by atomic mass is 10.2. The fourth-order valence-electron chi connectivity index (χ4n) is 1.98. The molecule has 0 radical (unpaired) electrons. The molecular formula is C18H19NO3S. The van der Waals surface area contributed by atoms with E-state index in [9.17, 15) is 14.7 Å². The topological polar surface area (TPSA) is 66.4 Å². The first-order valence-electron chi connectivity index (χ1n) is 7.28. The Balaban J connectivity index is 1.87. The van der Waals surface area contributed by atoms with Gasteiger partial charge in [-0.2, -0.15) is 11.8 Å². The minimum Gasteiger partial charge on any atom is -0.480 e. The van der Waals surface area contributed by atoms with Crippen molar-refractivity contribution in [2.24, 2.45) is 0 Å². The lowest BCUT2D eigenvalue weighted by Crippen LogP contribution is -2.42. The number of hydrogen-bond donors (Lipinski definition) is 2. The summed E-state index contributed by atoms with van der Waals surface area (Å²) in [6, 6.07) is 15.8. The van der Waals surface area contributed by atoms with Gasteiger partial charge in [0.25, 0.3) is 5.91 Å². The molecule has 0 aliphatic carbocycles. The van der Waals surface area contributed by atoms with Gasteiger partial charge >= 0.3 is 5.97 Å². The van der Waals surface area contributed by atoms with Crippen molar-refractivity contribution >= 4 is 23.6 Å². The standard InChI is InChI=1S/C18H19NO3S/c1-13-7-9-14(10-8-13)11-23-12-16(18(21)22)19-17(20)15-5-3-2-4-6-15/h2-10,16H,11-12H2,1H3,(H,19,20)(H,21,22)/t16-/m0/s1. The summed E-state index contributed by atoms with van der Waals surface area (Å²) >= 11 is 1.49. The van der Waals surface area contributed by atoms with Crippen LogP contribution >= 0.6 is 11.8 Å². The van der Waals surface area contributed by atoms with E-state index in [1.807, 2.05) is 37.3 Å². The van der Waals surface area contributed by atoms with Gasteiger partial charge in [-0.15, -0.1) is 0 Å². The summed E-state index contributed by atoms with van der Waals surface area (Å²) in [7, 11) is 0. The second kappa shape index (κ2) is 8.39. The molecule has 0 spiro atoms. The van der Waals surface area contributed by atoms with Crippen LogP contribution in [0.2, 0.25) is 0 Å². The van der Waals surface area contributed by atoms with E-state index in [1.165, 1.54) is 17.3 Å². The van der Waals surface area contributed by atoms with Crippen molar-refractivity contribution in [3.63, 3.8) is 0 Å². The highest BCUT2D eigenvalue weighted by Crippen LogP contribution is 2.14. The largest absolute Gasteiger partial charge is 0.480 e. The van der Waals surface area contributed by atoms with Crippen molar-refractivity contribution in [2.45, 2.75) is 18.7 Å². The Morgan fingerprint density at radius 1 is 1.09 bits per heavy atom. The van der Waals surface area contributed by atoms with Crippen LogP contribution in [0.3, 0.4) is 0 Å². The number of benzene rings is 2. The van der Waals surface area contributed by atoms with Gasteiger partial charge in [-0.1, -0.05) is 48.0 Å². The summed E-state index contributed by atoms with van der Waals surface area (Å²) in [4.78, 5) is 23.4. The number of aryl methyl sites for hydroxylation is 1. The predicted octanol–water partition coefficient (Wildman–Crippen LogP) is 3.11. The van der Waals surface area contributed by atoms with Gasteiger partial charge in [0.2, 0.25) is 0 Å². The second-order valence-electron chi connectivity index (χ2n) is 5.23. The average molecular weight is 329 g/mol. The second-order valence-corrected chi connectivity index (χ2v) is 6.26. The quantitative estimate of drug-likeness (QED) is 0.819. The molecular weight excluding hydrogens is 310 g/mol. The van der Waals surface area contributed by atoms with Crippen LogP contribution in [0, 0.1) is 6.92 Å². The molecule has 0 heterocycles. The molecule has 2 rings (SSSR count). The maximum atomic E-state index is 12.0. The van der Waals surface area contributed by atoms with Gasteiger partial charge in [0.15, 0.2) is 0 Å². The van der Waals surface area contributed by atoms with Crippen LogP contribution in [-0.4, -0.2) is 28.8 Å². The minimum atomic E-state index is -1.02. The van der Waals surface area contributed by atoms with Gasteiger partial charge < -0.3 is 10.4 Å². The molecule has 0 aliphatic heterocycles. The van der Waals surface area contributed by atoms with Crippen molar-refractivity contribution in [3.8, 4) is 0 Å². The van der Waals surface area contributed by atoms with Crippen molar-refractivity contribution < 1.29 is 14.7 Å². The maximum Gasteiger partial charge on any atom is 0.327 e. The van der Waals surface area contributed by atoms with Gasteiger partial charge in [-0.25, -0.2) is 4.79 Å². The molecule has 0 aromatic heterocycles. The number of carboxylic acids is 1.